The molecule has 3 aromatic rings. The van der Waals surface area contributed by atoms with Gasteiger partial charge < -0.3 is 20.6 Å². The summed E-state index contributed by atoms with van der Waals surface area (Å²) in [6.45, 7) is 4.05. The zero-order valence-electron chi connectivity index (χ0n) is 22.1. The van der Waals surface area contributed by atoms with E-state index in [1.54, 1.807) is 62.4 Å². The number of nitrogens with one attached hydrogen (secondary N) is 2. The Morgan fingerprint density at radius 3 is 2.51 bits per heavy atom. The van der Waals surface area contributed by atoms with Gasteiger partial charge in [0.1, 0.15) is 22.8 Å². The monoisotopic (exact) mass is 554 g/mol. The number of para-hydroxylation sites is 1. The highest BCUT2D eigenvalue weighted by molar-refractivity contribution is 7.90. The van der Waals surface area contributed by atoms with Crippen molar-refractivity contribution in [2.75, 3.05) is 19.4 Å². The lowest BCUT2D eigenvalue weighted by Gasteiger charge is -2.18. The Labute approximate surface area is 228 Å². The third-order valence-corrected chi connectivity index (χ3v) is 7.18. The molecule has 0 aliphatic carbocycles. The standard InChI is InChI=1S/C29H34N2O7S/c1-19-16-26(33)27(29(35)31-20(2)17-21-8-6-11-23(18-21)39(3,36)37)28(34)24(19)13-14-30-38-15-7-10-22-9-4-5-12-25(22)32/h4-12,16,18,20,30,32-34H,13-15,17H2,1-3H3,(H,31,35)/b10-7+. The van der Waals surface area contributed by atoms with Crippen LogP contribution in [0.15, 0.2) is 65.6 Å². The lowest BCUT2D eigenvalue weighted by molar-refractivity contribution is 0.0636. The Hall–Kier alpha value is -3.86. The first-order valence-corrected chi connectivity index (χ1v) is 14.3. The SMILES string of the molecule is Cc1cc(O)c(C(=O)NC(C)Cc2cccc(S(C)(=O)=O)c2)c(O)c1CCNOC/C=C/c1ccccc1O. The Kier molecular flexibility index (Phi) is 10.1. The lowest BCUT2D eigenvalue weighted by Crippen LogP contribution is -2.34. The van der Waals surface area contributed by atoms with Crippen molar-refractivity contribution in [1.82, 2.24) is 10.8 Å². The molecule has 0 aliphatic rings. The summed E-state index contributed by atoms with van der Waals surface area (Å²) < 4.78 is 23.6. The van der Waals surface area contributed by atoms with Gasteiger partial charge in [-0.2, -0.15) is 0 Å². The van der Waals surface area contributed by atoms with E-state index in [9.17, 15) is 28.5 Å². The van der Waals surface area contributed by atoms with E-state index in [0.29, 0.717) is 36.1 Å². The summed E-state index contributed by atoms with van der Waals surface area (Å²) in [5.74, 6) is -1.11. The van der Waals surface area contributed by atoms with E-state index < -0.39 is 21.8 Å². The van der Waals surface area contributed by atoms with Crippen LogP contribution in [0.25, 0.3) is 6.08 Å². The number of hydroxylamine groups is 1. The predicted octanol–water partition coefficient (Wildman–Crippen LogP) is 3.65. The number of rotatable bonds is 12. The number of phenols is 3. The number of hydrogen-bond donors (Lipinski definition) is 5. The van der Waals surface area contributed by atoms with Gasteiger partial charge in [0.05, 0.1) is 11.5 Å². The van der Waals surface area contributed by atoms with Crippen LogP contribution < -0.4 is 10.8 Å². The maximum atomic E-state index is 13.0. The number of hydrogen-bond acceptors (Lipinski definition) is 8. The van der Waals surface area contributed by atoms with Crippen LogP contribution in [-0.2, 0) is 27.5 Å². The molecule has 0 aromatic heterocycles. The van der Waals surface area contributed by atoms with Gasteiger partial charge in [-0.3, -0.25) is 9.63 Å². The minimum absolute atomic E-state index is 0.176. The zero-order chi connectivity index (χ0) is 28.6. The second kappa shape index (κ2) is 13.3. The largest absolute Gasteiger partial charge is 0.507 e. The number of phenolic OH excluding ortho intramolecular Hbond substituents is 3. The molecule has 3 rings (SSSR count). The summed E-state index contributed by atoms with van der Waals surface area (Å²) in [5, 5.41) is 33.8. The van der Waals surface area contributed by atoms with Gasteiger partial charge in [-0.1, -0.05) is 42.5 Å². The Bertz CT molecular complexity index is 1450. The van der Waals surface area contributed by atoms with Crippen LogP contribution in [0.5, 0.6) is 17.2 Å². The maximum absolute atomic E-state index is 13.0. The van der Waals surface area contributed by atoms with Crippen LogP contribution in [0.4, 0.5) is 0 Å². The zero-order valence-corrected chi connectivity index (χ0v) is 23.0. The predicted molar refractivity (Wildman–Crippen MR) is 149 cm³/mol. The van der Waals surface area contributed by atoms with E-state index in [-0.39, 0.29) is 34.3 Å². The van der Waals surface area contributed by atoms with Crippen molar-refractivity contribution in [3.63, 3.8) is 0 Å². The Morgan fingerprint density at radius 1 is 1.05 bits per heavy atom. The number of amides is 1. The van der Waals surface area contributed by atoms with Gasteiger partial charge in [0.2, 0.25) is 0 Å². The summed E-state index contributed by atoms with van der Waals surface area (Å²) in [5.41, 5.74) is 5.09. The molecular weight excluding hydrogens is 520 g/mol. The number of carbonyl (C=O) groups is 1. The maximum Gasteiger partial charge on any atom is 0.259 e. The molecule has 3 aromatic carbocycles. The average Bonchev–Trinajstić information content (AvgIpc) is 2.85. The van der Waals surface area contributed by atoms with Gasteiger partial charge in [-0.05, 0) is 67.6 Å². The van der Waals surface area contributed by atoms with E-state index in [0.717, 1.165) is 11.8 Å². The van der Waals surface area contributed by atoms with E-state index in [1.165, 1.54) is 12.1 Å². The number of sulfone groups is 1. The molecule has 0 fully saturated rings. The number of aryl methyl sites for hydroxylation is 1. The molecule has 0 spiro atoms. The molecular formula is C29H34N2O7S. The van der Waals surface area contributed by atoms with Crippen LogP contribution in [0.1, 0.15) is 39.5 Å². The van der Waals surface area contributed by atoms with E-state index in [2.05, 4.69) is 10.8 Å². The number of aromatic hydroxyl groups is 3. The van der Waals surface area contributed by atoms with Crippen molar-refractivity contribution in [1.29, 1.82) is 0 Å². The second-order valence-electron chi connectivity index (χ2n) is 9.33. The fraction of sp³-hybridized carbons (Fsp3) is 0.276. The molecule has 10 heteroatoms. The molecule has 0 bridgehead atoms. The fourth-order valence-corrected chi connectivity index (χ4v) is 4.82. The molecule has 0 heterocycles. The van der Waals surface area contributed by atoms with Crippen LogP contribution in [0.2, 0.25) is 0 Å². The molecule has 1 atom stereocenters. The molecule has 5 N–H and O–H groups in total. The summed E-state index contributed by atoms with van der Waals surface area (Å²) in [6.07, 6.45) is 5.30. The minimum Gasteiger partial charge on any atom is -0.507 e. The topological polar surface area (TPSA) is 145 Å². The molecule has 1 unspecified atom stereocenters. The summed E-state index contributed by atoms with van der Waals surface area (Å²) in [4.78, 5) is 18.5. The third kappa shape index (κ3) is 8.31. The van der Waals surface area contributed by atoms with E-state index in [1.807, 2.05) is 6.07 Å². The second-order valence-corrected chi connectivity index (χ2v) is 11.3. The first-order valence-electron chi connectivity index (χ1n) is 12.4. The molecule has 208 valence electrons. The summed E-state index contributed by atoms with van der Waals surface area (Å²) in [6, 6.07) is 14.5. The Balaban J connectivity index is 1.58. The average molecular weight is 555 g/mol. The van der Waals surface area contributed by atoms with Gasteiger partial charge in [-0.25, -0.2) is 13.9 Å². The van der Waals surface area contributed by atoms with Crippen LogP contribution in [0, 0.1) is 6.92 Å². The third-order valence-electron chi connectivity index (χ3n) is 6.07. The van der Waals surface area contributed by atoms with Crippen LogP contribution >= 0.6 is 0 Å². The van der Waals surface area contributed by atoms with Crippen molar-refractivity contribution in [3.05, 3.63) is 88.5 Å². The molecule has 39 heavy (non-hydrogen) atoms. The molecule has 0 radical (unpaired) electrons. The molecule has 1 amide bonds. The van der Waals surface area contributed by atoms with Crippen LogP contribution in [0.3, 0.4) is 0 Å². The van der Waals surface area contributed by atoms with Crippen molar-refractivity contribution < 1.29 is 33.4 Å². The first-order chi connectivity index (χ1) is 18.5. The summed E-state index contributed by atoms with van der Waals surface area (Å²) in [7, 11) is -3.35. The highest BCUT2D eigenvalue weighted by Crippen LogP contribution is 2.34. The van der Waals surface area contributed by atoms with E-state index >= 15 is 0 Å². The normalized spacial score (nSPS) is 12.5. The molecule has 9 nitrogen and oxygen atoms in total. The molecule has 0 saturated heterocycles. The number of carbonyl (C=O) groups excluding carboxylic acids is 1. The van der Waals surface area contributed by atoms with Crippen LogP contribution in [-0.4, -0.2) is 55.1 Å². The summed E-state index contributed by atoms with van der Waals surface area (Å²) >= 11 is 0. The van der Waals surface area contributed by atoms with Crippen molar-refractivity contribution in [3.8, 4) is 17.2 Å². The lowest BCUT2D eigenvalue weighted by atomic mass is 9.98. The molecule has 0 aliphatic heterocycles. The quantitative estimate of drug-likeness (QED) is 0.169. The van der Waals surface area contributed by atoms with Gasteiger partial charge in [-0.15, -0.1) is 0 Å². The van der Waals surface area contributed by atoms with Crippen molar-refractivity contribution in [2.45, 2.75) is 37.6 Å². The number of benzene rings is 3. The van der Waals surface area contributed by atoms with Gasteiger partial charge in [0.25, 0.3) is 5.91 Å². The van der Waals surface area contributed by atoms with Gasteiger partial charge in [0.15, 0.2) is 9.84 Å². The van der Waals surface area contributed by atoms with Gasteiger partial charge in [0, 0.05) is 24.4 Å². The minimum atomic E-state index is -3.35. The first kappa shape index (κ1) is 29.7. The smallest absolute Gasteiger partial charge is 0.259 e. The van der Waals surface area contributed by atoms with Crippen molar-refractivity contribution in [2.24, 2.45) is 0 Å². The van der Waals surface area contributed by atoms with Gasteiger partial charge >= 0.3 is 0 Å². The Morgan fingerprint density at radius 2 is 1.79 bits per heavy atom. The highest BCUT2D eigenvalue weighted by atomic mass is 32.2. The van der Waals surface area contributed by atoms with Crippen molar-refractivity contribution >= 4 is 21.8 Å². The van der Waals surface area contributed by atoms with E-state index in [4.69, 9.17) is 4.84 Å². The highest BCUT2D eigenvalue weighted by Gasteiger charge is 2.23. The fourth-order valence-electron chi connectivity index (χ4n) is 4.13. The molecule has 0 saturated carbocycles.